The second-order valence-electron chi connectivity index (χ2n) is 8.48. The normalized spacial score (nSPS) is 20.3. The van der Waals surface area contributed by atoms with Crippen molar-refractivity contribution in [1.29, 1.82) is 0 Å². The van der Waals surface area contributed by atoms with E-state index in [9.17, 15) is 18.0 Å². The van der Waals surface area contributed by atoms with Crippen LogP contribution in [0.2, 0.25) is 0 Å². The number of carbonyl (C=O) groups is 2. The summed E-state index contributed by atoms with van der Waals surface area (Å²) in [4.78, 5) is 24.5. The zero-order chi connectivity index (χ0) is 23.6. The molecular weight excluding hydrogens is 448 g/mol. The number of sulfonamides is 1. The predicted molar refractivity (Wildman–Crippen MR) is 120 cm³/mol. The molecule has 0 spiro atoms. The van der Waals surface area contributed by atoms with Crippen molar-refractivity contribution in [2.75, 3.05) is 31.8 Å². The molecule has 1 fully saturated rings. The second kappa shape index (κ2) is 9.40. The van der Waals surface area contributed by atoms with Crippen molar-refractivity contribution in [3.05, 3.63) is 48.0 Å². The molecule has 2 atom stereocenters. The largest absolute Gasteiger partial charge is 0.454 e. The highest BCUT2D eigenvalue weighted by molar-refractivity contribution is 7.89. The lowest BCUT2D eigenvalue weighted by Gasteiger charge is -2.34. The number of ether oxygens (including phenoxy) is 3. The third kappa shape index (κ3) is 5.28. The van der Waals surface area contributed by atoms with E-state index in [1.165, 1.54) is 28.6 Å². The number of nitrogens with zero attached hydrogens (tertiary/aromatic N) is 1. The molecule has 2 aliphatic rings. The van der Waals surface area contributed by atoms with Crippen molar-refractivity contribution in [2.45, 2.75) is 25.2 Å². The minimum atomic E-state index is -3.64. The van der Waals surface area contributed by atoms with Gasteiger partial charge in [-0.05, 0) is 54.7 Å². The van der Waals surface area contributed by atoms with Crippen LogP contribution in [-0.2, 0) is 19.6 Å². The van der Waals surface area contributed by atoms with Crippen LogP contribution in [0.5, 0.6) is 11.5 Å². The first kappa shape index (κ1) is 23.1. The Morgan fingerprint density at radius 1 is 1.03 bits per heavy atom. The van der Waals surface area contributed by atoms with Gasteiger partial charge in [0.05, 0.1) is 10.5 Å². The van der Waals surface area contributed by atoms with Crippen LogP contribution in [0.15, 0.2) is 47.4 Å². The molecule has 176 valence electrons. The molecule has 0 bridgehead atoms. The molecule has 2 aromatic carbocycles. The molecule has 2 heterocycles. The molecular formula is C23H26N2O7S. The average molecular weight is 475 g/mol. The number of carbonyl (C=O) groups excluding carboxylic acids is 2. The number of esters is 1. The number of anilines is 1. The van der Waals surface area contributed by atoms with E-state index >= 15 is 0 Å². The van der Waals surface area contributed by atoms with Gasteiger partial charge in [0, 0.05) is 24.8 Å². The Morgan fingerprint density at radius 2 is 1.70 bits per heavy atom. The molecule has 0 radical (unpaired) electrons. The Kier molecular flexibility index (Phi) is 6.57. The Bertz CT molecular complexity index is 1140. The van der Waals surface area contributed by atoms with Gasteiger partial charge in [0.25, 0.3) is 5.91 Å². The van der Waals surface area contributed by atoms with Gasteiger partial charge in [0.1, 0.15) is 0 Å². The van der Waals surface area contributed by atoms with Crippen LogP contribution in [0.4, 0.5) is 5.69 Å². The van der Waals surface area contributed by atoms with Gasteiger partial charge in [-0.25, -0.2) is 13.2 Å². The molecule has 4 rings (SSSR count). The van der Waals surface area contributed by atoms with Gasteiger partial charge in [-0.15, -0.1) is 0 Å². The average Bonchev–Trinajstić information content (AvgIpc) is 3.25. The van der Waals surface area contributed by atoms with E-state index in [0.29, 0.717) is 42.1 Å². The highest BCUT2D eigenvalue weighted by atomic mass is 32.2. The van der Waals surface area contributed by atoms with Crippen molar-refractivity contribution in [2.24, 2.45) is 11.8 Å². The van der Waals surface area contributed by atoms with E-state index < -0.39 is 28.5 Å². The van der Waals surface area contributed by atoms with Crippen molar-refractivity contribution in [3.63, 3.8) is 0 Å². The van der Waals surface area contributed by atoms with Crippen LogP contribution in [0.3, 0.4) is 0 Å². The zero-order valence-corrected chi connectivity index (χ0v) is 19.3. The highest BCUT2D eigenvalue weighted by Crippen LogP contribution is 2.34. The number of amides is 1. The molecule has 2 aromatic rings. The highest BCUT2D eigenvalue weighted by Gasteiger charge is 2.31. The third-order valence-electron chi connectivity index (χ3n) is 5.55. The number of hydrogen-bond acceptors (Lipinski definition) is 7. The van der Waals surface area contributed by atoms with E-state index in [1.807, 2.05) is 13.8 Å². The van der Waals surface area contributed by atoms with Crippen LogP contribution >= 0.6 is 0 Å². The van der Waals surface area contributed by atoms with Crippen molar-refractivity contribution < 1.29 is 32.2 Å². The monoisotopic (exact) mass is 474 g/mol. The minimum Gasteiger partial charge on any atom is -0.454 e. The maximum atomic E-state index is 13.0. The van der Waals surface area contributed by atoms with E-state index in [-0.39, 0.29) is 17.3 Å². The Balaban J connectivity index is 1.33. The van der Waals surface area contributed by atoms with Crippen LogP contribution < -0.4 is 14.8 Å². The number of piperidine rings is 1. The molecule has 1 saturated heterocycles. The Morgan fingerprint density at radius 3 is 2.39 bits per heavy atom. The van der Waals surface area contributed by atoms with Crippen molar-refractivity contribution >= 4 is 27.6 Å². The van der Waals surface area contributed by atoms with Gasteiger partial charge >= 0.3 is 5.97 Å². The number of benzene rings is 2. The maximum absolute atomic E-state index is 13.0. The fourth-order valence-electron chi connectivity index (χ4n) is 4.10. The first-order valence-electron chi connectivity index (χ1n) is 10.7. The lowest BCUT2D eigenvalue weighted by molar-refractivity contribution is -0.119. The first-order chi connectivity index (χ1) is 15.7. The summed E-state index contributed by atoms with van der Waals surface area (Å²) in [6.45, 7) is 4.68. The van der Waals surface area contributed by atoms with Crippen LogP contribution in [0.1, 0.15) is 30.6 Å². The summed E-state index contributed by atoms with van der Waals surface area (Å²) in [5.41, 5.74) is 0.640. The minimum absolute atomic E-state index is 0.126. The van der Waals surface area contributed by atoms with E-state index in [1.54, 1.807) is 18.2 Å². The van der Waals surface area contributed by atoms with E-state index in [2.05, 4.69) is 5.32 Å². The summed E-state index contributed by atoms with van der Waals surface area (Å²) < 4.78 is 42.9. The fraction of sp³-hybridized carbons (Fsp3) is 0.391. The summed E-state index contributed by atoms with van der Waals surface area (Å²) in [6, 6.07) is 10.5. The maximum Gasteiger partial charge on any atom is 0.338 e. The lowest BCUT2D eigenvalue weighted by atomic mass is 9.94. The lowest BCUT2D eigenvalue weighted by Crippen LogP contribution is -2.42. The molecule has 1 N–H and O–H groups in total. The standard InChI is InChI=1S/C23H26N2O7S/c1-15-9-16(2)12-25(11-15)33(28,29)19-6-3-17(4-7-19)23(27)30-13-22(26)24-18-5-8-20-21(10-18)32-14-31-20/h3-8,10,15-16H,9,11-14H2,1-2H3,(H,24,26)/t15-,16-/m1/s1. The molecule has 2 aliphatic heterocycles. The third-order valence-corrected chi connectivity index (χ3v) is 7.40. The van der Waals surface area contributed by atoms with Crippen molar-refractivity contribution in [3.8, 4) is 11.5 Å². The number of hydrogen-bond donors (Lipinski definition) is 1. The van der Waals surface area contributed by atoms with Crippen molar-refractivity contribution in [1.82, 2.24) is 4.31 Å². The molecule has 9 nitrogen and oxygen atoms in total. The summed E-state index contributed by atoms with van der Waals surface area (Å²) in [5.74, 6) is 0.459. The molecule has 0 aliphatic carbocycles. The summed E-state index contributed by atoms with van der Waals surface area (Å²) >= 11 is 0. The number of rotatable bonds is 6. The fourth-order valence-corrected chi connectivity index (χ4v) is 5.78. The van der Waals surface area contributed by atoms with Crippen LogP contribution in [0.25, 0.3) is 0 Å². The predicted octanol–water partition coefficient (Wildman–Crippen LogP) is 2.88. The van der Waals surface area contributed by atoms with Gasteiger partial charge in [-0.2, -0.15) is 4.31 Å². The number of nitrogens with one attached hydrogen (secondary N) is 1. The quantitative estimate of drug-likeness (QED) is 0.641. The SMILES string of the molecule is C[C@@H]1C[C@@H](C)CN(S(=O)(=O)c2ccc(C(=O)OCC(=O)Nc3ccc4c(c3)OCO4)cc2)C1. The van der Waals surface area contributed by atoms with Gasteiger partial charge < -0.3 is 19.5 Å². The van der Waals surface area contributed by atoms with Gasteiger partial charge in [0.15, 0.2) is 18.1 Å². The zero-order valence-electron chi connectivity index (χ0n) is 18.4. The van der Waals surface area contributed by atoms with Gasteiger partial charge in [-0.1, -0.05) is 13.8 Å². The summed E-state index contributed by atoms with van der Waals surface area (Å²) in [7, 11) is -3.64. The number of fused-ring (bicyclic) bond motifs is 1. The van der Waals surface area contributed by atoms with Gasteiger partial charge in [0.2, 0.25) is 16.8 Å². The van der Waals surface area contributed by atoms with Crippen LogP contribution in [0, 0.1) is 11.8 Å². The Hall–Kier alpha value is -3.11. The molecule has 33 heavy (non-hydrogen) atoms. The van der Waals surface area contributed by atoms with E-state index in [0.717, 1.165) is 6.42 Å². The van der Waals surface area contributed by atoms with Crippen LogP contribution in [-0.4, -0.2) is 51.1 Å². The molecule has 10 heteroatoms. The molecule has 0 unspecified atom stereocenters. The smallest absolute Gasteiger partial charge is 0.338 e. The second-order valence-corrected chi connectivity index (χ2v) is 10.4. The Labute approximate surface area is 192 Å². The van der Waals surface area contributed by atoms with E-state index in [4.69, 9.17) is 14.2 Å². The molecule has 1 amide bonds. The molecule has 0 aromatic heterocycles. The molecule has 0 saturated carbocycles. The topological polar surface area (TPSA) is 111 Å². The van der Waals surface area contributed by atoms with Gasteiger partial charge in [-0.3, -0.25) is 4.79 Å². The first-order valence-corrected chi connectivity index (χ1v) is 12.1. The summed E-state index contributed by atoms with van der Waals surface area (Å²) in [5, 5.41) is 2.61. The summed E-state index contributed by atoms with van der Waals surface area (Å²) in [6.07, 6.45) is 0.999.